The number of rotatable bonds is 3. The van der Waals surface area contributed by atoms with Crippen LogP contribution in [0.4, 0.5) is 0 Å². The molecule has 0 aliphatic heterocycles. The molecule has 0 unspecified atom stereocenters. The molecule has 2 heteroatoms. The average molecular weight is 240 g/mol. The fourth-order valence-corrected chi connectivity index (χ4v) is 2.51. The first-order valence-electron chi connectivity index (χ1n) is 6.45. The van der Waals surface area contributed by atoms with Gasteiger partial charge in [0, 0.05) is 5.56 Å². The molecule has 0 N–H and O–H groups in total. The summed E-state index contributed by atoms with van der Waals surface area (Å²) < 4.78 is 5.32. The second kappa shape index (κ2) is 4.45. The van der Waals surface area contributed by atoms with Crippen LogP contribution in [0.5, 0.6) is 0 Å². The minimum atomic E-state index is 0.0139. The van der Waals surface area contributed by atoms with E-state index in [0.717, 1.165) is 11.1 Å². The van der Waals surface area contributed by atoms with Gasteiger partial charge >= 0.3 is 0 Å². The van der Waals surface area contributed by atoms with Crippen molar-refractivity contribution in [3.8, 4) is 0 Å². The molecule has 0 amide bonds. The molecule has 0 bridgehead atoms. The number of furan rings is 1. The first kappa shape index (κ1) is 11.3. The second-order valence-electron chi connectivity index (χ2n) is 4.98. The van der Waals surface area contributed by atoms with Crippen LogP contribution in [0.1, 0.15) is 52.4 Å². The number of hydrogen-bond donors (Lipinski definition) is 0. The molecule has 0 saturated heterocycles. The minimum absolute atomic E-state index is 0.0139. The van der Waals surface area contributed by atoms with Gasteiger partial charge in [-0.1, -0.05) is 30.7 Å². The highest BCUT2D eigenvalue weighted by atomic mass is 16.3. The quantitative estimate of drug-likeness (QED) is 0.756. The van der Waals surface area contributed by atoms with Crippen molar-refractivity contribution in [2.24, 2.45) is 0 Å². The Morgan fingerprint density at radius 3 is 2.61 bits per heavy atom. The summed E-state index contributed by atoms with van der Waals surface area (Å²) in [6.07, 6.45) is 5.24. The van der Waals surface area contributed by atoms with Gasteiger partial charge in [-0.25, -0.2) is 0 Å². The maximum Gasteiger partial charge on any atom is 0.228 e. The van der Waals surface area contributed by atoms with Gasteiger partial charge in [0.15, 0.2) is 5.76 Å². The van der Waals surface area contributed by atoms with Crippen molar-refractivity contribution in [1.29, 1.82) is 0 Å². The summed E-state index contributed by atoms with van der Waals surface area (Å²) in [4.78, 5) is 12.5. The lowest BCUT2D eigenvalue weighted by Gasteiger charge is -2.27. The van der Waals surface area contributed by atoms with E-state index in [1.165, 1.54) is 24.8 Å². The predicted octanol–water partition coefficient (Wildman–Crippen LogP) is 4.09. The molecule has 1 aliphatic carbocycles. The lowest BCUT2D eigenvalue weighted by molar-refractivity contribution is 0.101. The molecule has 1 fully saturated rings. The Morgan fingerprint density at radius 1 is 1.22 bits per heavy atom. The highest BCUT2D eigenvalue weighted by Crippen LogP contribution is 2.38. The third-order valence-corrected chi connectivity index (χ3v) is 3.82. The fraction of sp³-hybridized carbons (Fsp3) is 0.312. The SMILES string of the molecule is Cc1ccoc1C(=O)c1ccccc1C1CCC1. The van der Waals surface area contributed by atoms with Crippen LogP contribution in [0.2, 0.25) is 0 Å². The van der Waals surface area contributed by atoms with E-state index < -0.39 is 0 Å². The Hall–Kier alpha value is -1.83. The van der Waals surface area contributed by atoms with Crippen LogP contribution in [0, 0.1) is 6.92 Å². The van der Waals surface area contributed by atoms with Gasteiger partial charge in [0.25, 0.3) is 0 Å². The second-order valence-corrected chi connectivity index (χ2v) is 4.98. The van der Waals surface area contributed by atoms with E-state index in [0.29, 0.717) is 11.7 Å². The van der Waals surface area contributed by atoms with Crippen molar-refractivity contribution in [3.63, 3.8) is 0 Å². The summed E-state index contributed by atoms with van der Waals surface area (Å²) in [5, 5.41) is 0. The Balaban J connectivity index is 2.01. The molecule has 1 aromatic heterocycles. The van der Waals surface area contributed by atoms with E-state index >= 15 is 0 Å². The molecule has 1 aliphatic rings. The Bertz CT molecular complexity index is 576. The first-order chi connectivity index (χ1) is 8.77. The molecule has 0 spiro atoms. The van der Waals surface area contributed by atoms with Gasteiger partial charge in [-0.2, -0.15) is 0 Å². The number of benzene rings is 1. The van der Waals surface area contributed by atoms with Gasteiger partial charge in [0.1, 0.15) is 0 Å². The van der Waals surface area contributed by atoms with Crippen molar-refractivity contribution in [3.05, 3.63) is 59.0 Å². The van der Waals surface area contributed by atoms with E-state index in [2.05, 4.69) is 6.07 Å². The molecule has 1 aromatic carbocycles. The molecule has 1 saturated carbocycles. The van der Waals surface area contributed by atoms with Crippen molar-refractivity contribution in [1.82, 2.24) is 0 Å². The maximum atomic E-state index is 12.5. The fourth-order valence-electron chi connectivity index (χ4n) is 2.51. The largest absolute Gasteiger partial charge is 0.461 e. The van der Waals surface area contributed by atoms with Crippen LogP contribution < -0.4 is 0 Å². The van der Waals surface area contributed by atoms with E-state index in [-0.39, 0.29) is 5.78 Å². The van der Waals surface area contributed by atoms with Gasteiger partial charge in [0.2, 0.25) is 5.78 Å². The number of aryl methyl sites for hydroxylation is 1. The topological polar surface area (TPSA) is 30.2 Å². The summed E-state index contributed by atoms with van der Waals surface area (Å²) in [5.41, 5.74) is 2.90. The summed E-state index contributed by atoms with van der Waals surface area (Å²) >= 11 is 0. The monoisotopic (exact) mass is 240 g/mol. The minimum Gasteiger partial charge on any atom is -0.461 e. The summed E-state index contributed by atoms with van der Waals surface area (Å²) in [6, 6.07) is 9.76. The van der Waals surface area contributed by atoms with Crippen LogP contribution in [0.25, 0.3) is 0 Å². The smallest absolute Gasteiger partial charge is 0.228 e. The van der Waals surface area contributed by atoms with E-state index in [9.17, 15) is 4.79 Å². The average Bonchev–Trinajstić information content (AvgIpc) is 2.73. The van der Waals surface area contributed by atoms with Crippen LogP contribution in [0.3, 0.4) is 0 Å². The van der Waals surface area contributed by atoms with E-state index in [1.54, 1.807) is 6.26 Å². The van der Waals surface area contributed by atoms with Crippen LogP contribution in [-0.4, -0.2) is 5.78 Å². The first-order valence-corrected chi connectivity index (χ1v) is 6.45. The highest BCUT2D eigenvalue weighted by molar-refractivity contribution is 6.09. The molecule has 18 heavy (non-hydrogen) atoms. The molecule has 0 radical (unpaired) electrons. The number of hydrogen-bond acceptors (Lipinski definition) is 2. The molecule has 1 heterocycles. The van der Waals surface area contributed by atoms with E-state index in [4.69, 9.17) is 4.42 Å². The zero-order valence-electron chi connectivity index (χ0n) is 10.5. The number of ketones is 1. The van der Waals surface area contributed by atoms with Gasteiger partial charge in [-0.15, -0.1) is 0 Å². The lowest BCUT2D eigenvalue weighted by Crippen LogP contribution is -2.14. The molecule has 2 nitrogen and oxygen atoms in total. The molecular weight excluding hydrogens is 224 g/mol. The van der Waals surface area contributed by atoms with Gasteiger partial charge in [-0.3, -0.25) is 4.79 Å². The highest BCUT2D eigenvalue weighted by Gasteiger charge is 2.26. The maximum absolute atomic E-state index is 12.5. The Kier molecular flexibility index (Phi) is 2.78. The third-order valence-electron chi connectivity index (χ3n) is 3.82. The molecule has 3 rings (SSSR count). The zero-order chi connectivity index (χ0) is 12.5. The van der Waals surface area contributed by atoms with E-state index in [1.807, 2.05) is 31.2 Å². The van der Waals surface area contributed by atoms with Gasteiger partial charge in [-0.05, 0) is 42.9 Å². The number of carbonyl (C=O) groups is 1. The van der Waals surface area contributed by atoms with Crippen molar-refractivity contribution in [2.75, 3.05) is 0 Å². The summed E-state index contributed by atoms with van der Waals surface area (Å²) in [5.74, 6) is 1.04. The van der Waals surface area contributed by atoms with Gasteiger partial charge < -0.3 is 4.42 Å². The van der Waals surface area contributed by atoms with Crippen molar-refractivity contribution < 1.29 is 9.21 Å². The molecular formula is C16H16O2. The predicted molar refractivity (Wildman–Crippen MR) is 69.9 cm³/mol. The Labute approximate surface area is 107 Å². The van der Waals surface area contributed by atoms with Crippen molar-refractivity contribution in [2.45, 2.75) is 32.1 Å². The van der Waals surface area contributed by atoms with Gasteiger partial charge in [0.05, 0.1) is 6.26 Å². The van der Waals surface area contributed by atoms with Crippen molar-refractivity contribution >= 4 is 5.78 Å². The molecule has 0 atom stereocenters. The standard InChI is InChI=1S/C16H16O2/c1-11-9-10-18-16(11)15(17)14-8-3-2-7-13(14)12-5-4-6-12/h2-3,7-10,12H,4-6H2,1H3. The van der Waals surface area contributed by atoms with Crippen LogP contribution >= 0.6 is 0 Å². The third kappa shape index (κ3) is 1.78. The van der Waals surface area contributed by atoms with Crippen LogP contribution in [-0.2, 0) is 0 Å². The molecule has 92 valence electrons. The normalized spacial score (nSPS) is 15.4. The summed E-state index contributed by atoms with van der Waals surface area (Å²) in [6.45, 7) is 1.91. The zero-order valence-corrected chi connectivity index (χ0v) is 10.5. The van der Waals surface area contributed by atoms with Crippen LogP contribution in [0.15, 0.2) is 41.0 Å². The Morgan fingerprint density at radius 2 is 2.00 bits per heavy atom. The summed E-state index contributed by atoms with van der Waals surface area (Å²) in [7, 11) is 0. The molecule has 2 aromatic rings. The number of carbonyl (C=O) groups excluding carboxylic acids is 1. The lowest BCUT2D eigenvalue weighted by atomic mass is 9.77.